The van der Waals surface area contributed by atoms with Gasteiger partial charge in [-0.3, -0.25) is 9.48 Å². The summed E-state index contributed by atoms with van der Waals surface area (Å²) in [6, 6.07) is 5.36. The Bertz CT molecular complexity index is 546. The summed E-state index contributed by atoms with van der Waals surface area (Å²) in [5.41, 5.74) is 0.743. The van der Waals surface area contributed by atoms with E-state index in [9.17, 15) is 9.18 Å². The van der Waals surface area contributed by atoms with E-state index in [-0.39, 0.29) is 11.6 Å². The van der Waals surface area contributed by atoms with Gasteiger partial charge in [0.1, 0.15) is 5.82 Å². The van der Waals surface area contributed by atoms with Crippen molar-refractivity contribution >= 4 is 5.78 Å². The molecule has 0 aliphatic heterocycles. The second-order valence-electron chi connectivity index (χ2n) is 3.52. The van der Waals surface area contributed by atoms with Gasteiger partial charge in [0.2, 0.25) is 5.78 Å². The van der Waals surface area contributed by atoms with Crippen LogP contribution in [0, 0.1) is 5.82 Å². The topological polar surface area (TPSA) is 44.1 Å². The second-order valence-corrected chi connectivity index (χ2v) is 3.52. The highest BCUT2D eigenvalue weighted by atomic mass is 19.1. The van der Waals surface area contributed by atoms with Crippen molar-refractivity contribution in [2.75, 3.05) is 7.11 Å². The van der Waals surface area contributed by atoms with Gasteiger partial charge in [0.15, 0.2) is 11.4 Å². The molecule has 0 saturated carbocycles. The van der Waals surface area contributed by atoms with Gasteiger partial charge in [-0.05, 0) is 24.3 Å². The Morgan fingerprint density at radius 2 is 2.00 bits per heavy atom. The van der Waals surface area contributed by atoms with E-state index in [1.165, 1.54) is 42.3 Å². The zero-order valence-electron chi connectivity index (χ0n) is 9.48. The molecule has 0 aliphatic rings. The molecule has 0 bridgehead atoms. The molecule has 0 amide bonds. The van der Waals surface area contributed by atoms with Crippen molar-refractivity contribution in [1.82, 2.24) is 9.78 Å². The number of benzene rings is 1. The minimum Gasteiger partial charge on any atom is -0.493 e. The molecule has 4 nitrogen and oxygen atoms in total. The lowest BCUT2D eigenvalue weighted by atomic mass is 10.1. The number of ketones is 1. The molecule has 5 heteroatoms. The van der Waals surface area contributed by atoms with Crippen LogP contribution in [0.5, 0.6) is 5.75 Å². The summed E-state index contributed by atoms with van der Waals surface area (Å²) in [5.74, 6) is -0.220. The Kier molecular flexibility index (Phi) is 2.91. The quantitative estimate of drug-likeness (QED) is 0.760. The van der Waals surface area contributed by atoms with Crippen LogP contribution in [0.2, 0.25) is 0 Å². The number of rotatable bonds is 3. The van der Waals surface area contributed by atoms with Crippen LogP contribution in [0.3, 0.4) is 0 Å². The molecule has 2 aromatic rings. The number of methoxy groups -OCH3 is 1. The third kappa shape index (κ3) is 2.04. The largest absolute Gasteiger partial charge is 0.493 e. The zero-order chi connectivity index (χ0) is 12.4. The summed E-state index contributed by atoms with van der Waals surface area (Å²) < 4.78 is 19.3. The van der Waals surface area contributed by atoms with E-state index in [2.05, 4.69) is 5.10 Å². The lowest BCUT2D eigenvalue weighted by molar-refractivity contribution is 0.102. The summed E-state index contributed by atoms with van der Waals surface area (Å²) in [4.78, 5) is 12.2. The van der Waals surface area contributed by atoms with Crippen LogP contribution in [-0.4, -0.2) is 22.7 Å². The number of hydrogen-bond acceptors (Lipinski definition) is 3. The molecule has 1 aromatic heterocycles. The number of nitrogens with zero attached hydrogens (tertiary/aromatic N) is 2. The SMILES string of the molecule is COc1cnn(C)c1C(=O)c1ccc(F)cc1. The number of aryl methyl sites for hydroxylation is 1. The summed E-state index contributed by atoms with van der Waals surface area (Å²) in [6.07, 6.45) is 1.47. The summed E-state index contributed by atoms with van der Waals surface area (Å²) in [7, 11) is 3.12. The van der Waals surface area contributed by atoms with E-state index in [1.807, 2.05) is 0 Å². The zero-order valence-corrected chi connectivity index (χ0v) is 9.48. The number of carbonyl (C=O) groups excluding carboxylic acids is 1. The van der Waals surface area contributed by atoms with Gasteiger partial charge in [0.05, 0.1) is 13.3 Å². The average molecular weight is 234 g/mol. The third-order valence-electron chi connectivity index (χ3n) is 2.45. The van der Waals surface area contributed by atoms with Gasteiger partial charge in [0, 0.05) is 12.6 Å². The highest BCUT2D eigenvalue weighted by Gasteiger charge is 2.19. The fourth-order valence-electron chi connectivity index (χ4n) is 1.56. The molecule has 0 fully saturated rings. The van der Waals surface area contributed by atoms with Gasteiger partial charge < -0.3 is 4.74 Å². The maximum absolute atomic E-state index is 12.8. The Balaban J connectivity index is 2.43. The van der Waals surface area contributed by atoms with Gasteiger partial charge in [-0.15, -0.1) is 0 Å². The van der Waals surface area contributed by atoms with Crippen LogP contribution < -0.4 is 4.74 Å². The summed E-state index contributed by atoms with van der Waals surface area (Å²) in [6.45, 7) is 0. The van der Waals surface area contributed by atoms with Crippen LogP contribution in [0.4, 0.5) is 4.39 Å². The second kappa shape index (κ2) is 4.37. The third-order valence-corrected chi connectivity index (χ3v) is 2.45. The Hall–Kier alpha value is -2.17. The normalized spacial score (nSPS) is 10.3. The molecule has 0 radical (unpaired) electrons. The van der Waals surface area contributed by atoms with Crippen molar-refractivity contribution in [3.05, 3.63) is 47.5 Å². The first kappa shape index (κ1) is 11.3. The van der Waals surface area contributed by atoms with Crippen molar-refractivity contribution in [2.45, 2.75) is 0 Å². The van der Waals surface area contributed by atoms with Crippen molar-refractivity contribution in [3.63, 3.8) is 0 Å². The highest BCUT2D eigenvalue weighted by molar-refractivity contribution is 6.09. The van der Waals surface area contributed by atoms with Crippen molar-refractivity contribution in [3.8, 4) is 5.75 Å². The van der Waals surface area contributed by atoms with Crippen molar-refractivity contribution < 1.29 is 13.9 Å². The lowest BCUT2D eigenvalue weighted by Crippen LogP contribution is -2.09. The van der Waals surface area contributed by atoms with Gasteiger partial charge in [-0.1, -0.05) is 0 Å². The van der Waals surface area contributed by atoms with Crippen molar-refractivity contribution in [1.29, 1.82) is 0 Å². The highest BCUT2D eigenvalue weighted by Crippen LogP contribution is 2.20. The molecule has 1 aromatic carbocycles. The van der Waals surface area contributed by atoms with Gasteiger partial charge in [-0.25, -0.2) is 4.39 Å². The predicted molar refractivity (Wildman–Crippen MR) is 59.6 cm³/mol. The minimum atomic E-state index is -0.376. The molecule has 0 unspecified atom stereocenters. The fourth-order valence-corrected chi connectivity index (χ4v) is 1.56. The number of aromatic nitrogens is 2. The average Bonchev–Trinajstić information content (AvgIpc) is 2.70. The molecule has 17 heavy (non-hydrogen) atoms. The predicted octanol–water partition coefficient (Wildman–Crippen LogP) is 1.80. The number of halogens is 1. The van der Waals surface area contributed by atoms with E-state index < -0.39 is 0 Å². The molecule has 0 spiro atoms. The van der Waals surface area contributed by atoms with Crippen molar-refractivity contribution in [2.24, 2.45) is 7.05 Å². The van der Waals surface area contributed by atoms with Crippen LogP contribution in [0.15, 0.2) is 30.5 Å². The molecular formula is C12H11FN2O2. The maximum Gasteiger partial charge on any atom is 0.214 e. The Morgan fingerprint density at radius 1 is 1.35 bits per heavy atom. The fraction of sp³-hybridized carbons (Fsp3) is 0.167. The molecule has 0 saturated heterocycles. The van der Waals surface area contributed by atoms with E-state index >= 15 is 0 Å². The van der Waals surface area contributed by atoms with Crippen LogP contribution >= 0.6 is 0 Å². The number of carbonyl (C=O) groups is 1. The first-order valence-electron chi connectivity index (χ1n) is 4.99. The van der Waals surface area contributed by atoms with Gasteiger partial charge in [-0.2, -0.15) is 5.10 Å². The lowest BCUT2D eigenvalue weighted by Gasteiger charge is -2.04. The maximum atomic E-state index is 12.8. The Morgan fingerprint density at radius 3 is 2.59 bits per heavy atom. The standard InChI is InChI=1S/C12H11FN2O2/c1-15-11(10(17-2)7-14-15)12(16)8-3-5-9(13)6-4-8/h3-7H,1-2H3. The molecule has 0 atom stereocenters. The minimum absolute atomic E-state index is 0.248. The monoisotopic (exact) mass is 234 g/mol. The Labute approximate surface area is 97.6 Å². The molecule has 0 aliphatic carbocycles. The first-order chi connectivity index (χ1) is 8.13. The van der Waals surface area contributed by atoms with Crippen LogP contribution in [0.1, 0.15) is 16.1 Å². The molecule has 1 heterocycles. The smallest absolute Gasteiger partial charge is 0.214 e. The van der Waals surface area contributed by atoms with E-state index in [4.69, 9.17) is 4.74 Å². The number of hydrogen-bond donors (Lipinski definition) is 0. The van der Waals surface area contributed by atoms with Crippen LogP contribution in [0.25, 0.3) is 0 Å². The van der Waals surface area contributed by atoms with E-state index in [0.29, 0.717) is 17.0 Å². The van der Waals surface area contributed by atoms with Crippen LogP contribution in [-0.2, 0) is 7.05 Å². The van der Waals surface area contributed by atoms with Gasteiger partial charge >= 0.3 is 0 Å². The molecule has 88 valence electrons. The summed E-state index contributed by atoms with van der Waals surface area (Å²) in [5, 5.41) is 3.95. The van der Waals surface area contributed by atoms with E-state index in [0.717, 1.165) is 0 Å². The number of ether oxygens (including phenoxy) is 1. The summed E-state index contributed by atoms with van der Waals surface area (Å²) >= 11 is 0. The first-order valence-corrected chi connectivity index (χ1v) is 4.99. The van der Waals surface area contributed by atoms with Gasteiger partial charge in [0.25, 0.3) is 0 Å². The van der Waals surface area contributed by atoms with E-state index in [1.54, 1.807) is 7.05 Å². The molecule has 0 N–H and O–H groups in total. The molecular weight excluding hydrogens is 223 g/mol. The molecule has 2 rings (SSSR count).